The average molecular weight is 277 g/mol. The second kappa shape index (κ2) is 7.41. The number of hydrogen-bond donors (Lipinski definition) is 0. The highest BCUT2D eigenvalue weighted by atomic mass is 16.5. The van der Waals surface area contributed by atoms with Gasteiger partial charge in [-0.3, -0.25) is 9.69 Å². The van der Waals surface area contributed by atoms with E-state index >= 15 is 0 Å². The standard InChI is InChI=1S/C16H23NO3/c1-13-10-17(11-14(2)20-13)8-5-9-19-16-7-4-3-6-15(16)12-18/h3-4,6-7,12-14H,5,8-11H2,1-2H3/t13-,14+. The lowest BCUT2D eigenvalue weighted by Crippen LogP contribution is -2.45. The summed E-state index contributed by atoms with van der Waals surface area (Å²) in [6.07, 6.45) is 2.39. The average Bonchev–Trinajstić information content (AvgIpc) is 2.43. The monoisotopic (exact) mass is 277 g/mol. The van der Waals surface area contributed by atoms with Gasteiger partial charge < -0.3 is 9.47 Å². The van der Waals surface area contributed by atoms with Gasteiger partial charge in [0.15, 0.2) is 6.29 Å². The molecule has 0 spiro atoms. The number of morpholine rings is 1. The first-order valence-corrected chi connectivity index (χ1v) is 7.24. The first kappa shape index (κ1) is 15.0. The molecule has 1 aromatic rings. The maximum Gasteiger partial charge on any atom is 0.153 e. The fourth-order valence-corrected chi connectivity index (χ4v) is 2.65. The molecular formula is C16H23NO3. The van der Waals surface area contributed by atoms with Crippen molar-refractivity contribution in [2.75, 3.05) is 26.2 Å². The van der Waals surface area contributed by atoms with Crippen LogP contribution in [0, 0.1) is 0 Å². The van der Waals surface area contributed by atoms with E-state index in [1.807, 2.05) is 18.2 Å². The van der Waals surface area contributed by atoms with Crippen molar-refractivity contribution in [2.45, 2.75) is 32.5 Å². The Balaban J connectivity index is 1.72. The van der Waals surface area contributed by atoms with E-state index in [4.69, 9.17) is 9.47 Å². The van der Waals surface area contributed by atoms with Crippen LogP contribution in [-0.2, 0) is 4.74 Å². The van der Waals surface area contributed by atoms with Crippen molar-refractivity contribution >= 4 is 6.29 Å². The normalized spacial score (nSPS) is 23.5. The summed E-state index contributed by atoms with van der Waals surface area (Å²) in [6.45, 7) is 7.82. The minimum Gasteiger partial charge on any atom is -0.493 e. The van der Waals surface area contributed by atoms with Crippen LogP contribution in [-0.4, -0.2) is 49.6 Å². The van der Waals surface area contributed by atoms with Gasteiger partial charge in [-0.2, -0.15) is 0 Å². The van der Waals surface area contributed by atoms with E-state index < -0.39 is 0 Å². The Morgan fingerprint density at radius 3 is 2.70 bits per heavy atom. The van der Waals surface area contributed by atoms with Crippen molar-refractivity contribution in [2.24, 2.45) is 0 Å². The fraction of sp³-hybridized carbons (Fsp3) is 0.562. The van der Waals surface area contributed by atoms with Gasteiger partial charge in [0.25, 0.3) is 0 Å². The number of aldehydes is 1. The Morgan fingerprint density at radius 2 is 2.00 bits per heavy atom. The summed E-state index contributed by atoms with van der Waals surface area (Å²) >= 11 is 0. The molecule has 20 heavy (non-hydrogen) atoms. The van der Waals surface area contributed by atoms with E-state index in [1.54, 1.807) is 6.07 Å². The van der Waals surface area contributed by atoms with Crippen LogP contribution >= 0.6 is 0 Å². The summed E-state index contributed by atoms with van der Waals surface area (Å²) in [4.78, 5) is 13.3. The molecule has 0 N–H and O–H groups in total. The first-order valence-electron chi connectivity index (χ1n) is 7.24. The summed E-state index contributed by atoms with van der Waals surface area (Å²) in [6, 6.07) is 7.33. The summed E-state index contributed by atoms with van der Waals surface area (Å²) in [5.41, 5.74) is 0.612. The van der Waals surface area contributed by atoms with Crippen LogP contribution in [0.5, 0.6) is 5.75 Å². The van der Waals surface area contributed by atoms with Crippen molar-refractivity contribution in [3.05, 3.63) is 29.8 Å². The SMILES string of the molecule is C[C@@H]1CN(CCCOc2ccccc2C=O)C[C@H](C)O1. The molecule has 4 nitrogen and oxygen atoms in total. The molecule has 4 heteroatoms. The molecule has 1 aliphatic rings. The van der Waals surface area contributed by atoms with Gasteiger partial charge in [-0.15, -0.1) is 0 Å². The zero-order chi connectivity index (χ0) is 14.4. The van der Waals surface area contributed by atoms with E-state index in [9.17, 15) is 4.79 Å². The first-order chi connectivity index (χ1) is 9.69. The molecule has 1 saturated heterocycles. The number of para-hydroxylation sites is 1. The third-order valence-electron chi connectivity index (χ3n) is 3.42. The summed E-state index contributed by atoms with van der Waals surface area (Å²) < 4.78 is 11.4. The molecule has 2 atom stereocenters. The maximum atomic E-state index is 10.9. The fourth-order valence-electron chi connectivity index (χ4n) is 2.65. The maximum absolute atomic E-state index is 10.9. The van der Waals surface area contributed by atoms with Crippen LogP contribution < -0.4 is 4.74 Å². The zero-order valence-corrected chi connectivity index (χ0v) is 12.2. The molecule has 0 saturated carbocycles. The second-order valence-corrected chi connectivity index (χ2v) is 5.37. The number of rotatable bonds is 6. The van der Waals surface area contributed by atoms with Crippen LogP contribution in [0.3, 0.4) is 0 Å². The van der Waals surface area contributed by atoms with Gasteiger partial charge in [-0.25, -0.2) is 0 Å². The lowest BCUT2D eigenvalue weighted by atomic mass is 10.2. The van der Waals surface area contributed by atoms with E-state index in [0.717, 1.165) is 32.3 Å². The molecule has 0 aliphatic carbocycles. The molecule has 2 rings (SSSR count). The van der Waals surface area contributed by atoms with Crippen LogP contribution in [0.2, 0.25) is 0 Å². The second-order valence-electron chi connectivity index (χ2n) is 5.37. The highest BCUT2D eigenvalue weighted by Crippen LogP contribution is 2.16. The molecule has 1 aliphatic heterocycles. The predicted molar refractivity (Wildman–Crippen MR) is 78.4 cm³/mol. The molecule has 110 valence electrons. The third-order valence-corrected chi connectivity index (χ3v) is 3.42. The van der Waals surface area contributed by atoms with Crippen molar-refractivity contribution in [3.8, 4) is 5.75 Å². The minimum atomic E-state index is 0.301. The van der Waals surface area contributed by atoms with Crippen LogP contribution in [0.1, 0.15) is 30.6 Å². The van der Waals surface area contributed by atoms with Crippen LogP contribution in [0.4, 0.5) is 0 Å². The van der Waals surface area contributed by atoms with Gasteiger partial charge in [0.05, 0.1) is 24.4 Å². The molecule has 1 fully saturated rings. The van der Waals surface area contributed by atoms with Gasteiger partial charge in [0, 0.05) is 19.6 Å². The third kappa shape index (κ3) is 4.32. The van der Waals surface area contributed by atoms with E-state index in [-0.39, 0.29) is 0 Å². The minimum absolute atomic E-state index is 0.301. The van der Waals surface area contributed by atoms with Crippen molar-refractivity contribution in [1.82, 2.24) is 4.90 Å². The number of carbonyl (C=O) groups is 1. The van der Waals surface area contributed by atoms with Gasteiger partial charge in [-0.05, 0) is 32.4 Å². The number of benzene rings is 1. The van der Waals surface area contributed by atoms with E-state index in [2.05, 4.69) is 18.7 Å². The highest BCUT2D eigenvalue weighted by Gasteiger charge is 2.21. The Hall–Kier alpha value is -1.39. The quantitative estimate of drug-likeness (QED) is 0.591. The number of carbonyl (C=O) groups excluding carboxylic acids is 1. The smallest absolute Gasteiger partial charge is 0.153 e. The Kier molecular flexibility index (Phi) is 5.56. The highest BCUT2D eigenvalue weighted by molar-refractivity contribution is 5.79. The molecule has 0 radical (unpaired) electrons. The summed E-state index contributed by atoms with van der Waals surface area (Å²) in [5.74, 6) is 0.672. The summed E-state index contributed by atoms with van der Waals surface area (Å²) in [5, 5.41) is 0. The van der Waals surface area contributed by atoms with Crippen molar-refractivity contribution < 1.29 is 14.3 Å². The zero-order valence-electron chi connectivity index (χ0n) is 12.2. The lowest BCUT2D eigenvalue weighted by molar-refractivity contribution is -0.0686. The lowest BCUT2D eigenvalue weighted by Gasteiger charge is -2.35. The van der Waals surface area contributed by atoms with Gasteiger partial charge in [0.2, 0.25) is 0 Å². The van der Waals surface area contributed by atoms with E-state index in [0.29, 0.717) is 30.1 Å². The predicted octanol–water partition coefficient (Wildman–Crippen LogP) is 2.38. The largest absolute Gasteiger partial charge is 0.493 e. The molecule has 1 heterocycles. The van der Waals surface area contributed by atoms with Crippen molar-refractivity contribution in [3.63, 3.8) is 0 Å². The number of hydrogen-bond acceptors (Lipinski definition) is 4. The molecule has 1 aromatic carbocycles. The topological polar surface area (TPSA) is 38.8 Å². The Morgan fingerprint density at radius 1 is 1.30 bits per heavy atom. The molecule has 0 aromatic heterocycles. The Labute approximate surface area is 120 Å². The summed E-state index contributed by atoms with van der Waals surface area (Å²) in [7, 11) is 0. The molecule has 0 bridgehead atoms. The van der Waals surface area contributed by atoms with Gasteiger partial charge in [0.1, 0.15) is 5.75 Å². The number of nitrogens with zero attached hydrogens (tertiary/aromatic N) is 1. The molecule has 0 amide bonds. The van der Waals surface area contributed by atoms with E-state index in [1.165, 1.54) is 0 Å². The van der Waals surface area contributed by atoms with Crippen LogP contribution in [0.25, 0.3) is 0 Å². The van der Waals surface area contributed by atoms with Gasteiger partial charge in [-0.1, -0.05) is 12.1 Å². The number of ether oxygens (including phenoxy) is 2. The molecule has 0 unspecified atom stereocenters. The van der Waals surface area contributed by atoms with Crippen LogP contribution in [0.15, 0.2) is 24.3 Å². The molecular weight excluding hydrogens is 254 g/mol. The van der Waals surface area contributed by atoms with Gasteiger partial charge >= 0.3 is 0 Å². The Bertz CT molecular complexity index is 425. The van der Waals surface area contributed by atoms with Crippen molar-refractivity contribution in [1.29, 1.82) is 0 Å².